The fourth-order valence-corrected chi connectivity index (χ4v) is 3.47. The number of anilines is 1. The van der Waals surface area contributed by atoms with Crippen LogP contribution < -0.4 is 9.64 Å². The second kappa shape index (κ2) is 10.0. The van der Waals surface area contributed by atoms with Gasteiger partial charge in [0.1, 0.15) is 17.3 Å². The second-order valence-electron chi connectivity index (χ2n) is 7.50. The highest BCUT2D eigenvalue weighted by Crippen LogP contribution is 2.16. The largest absolute Gasteiger partial charge is 0.427 e. The molecule has 0 spiro atoms. The highest BCUT2D eigenvalue weighted by Gasteiger charge is 2.19. The average molecular weight is 430 g/mol. The Morgan fingerprint density at radius 3 is 2.38 bits per heavy atom. The number of aromatic nitrogens is 2. The number of hydrogen-bond donors (Lipinski definition) is 0. The Morgan fingerprint density at radius 1 is 0.969 bits per heavy atom. The molecule has 0 aliphatic carbocycles. The number of esters is 1. The molecule has 1 fully saturated rings. The van der Waals surface area contributed by atoms with Crippen LogP contribution in [-0.4, -0.2) is 47.2 Å². The van der Waals surface area contributed by atoms with Gasteiger partial charge in [-0.05, 0) is 48.4 Å². The molecule has 2 aromatic carbocycles. The van der Waals surface area contributed by atoms with Gasteiger partial charge in [0, 0.05) is 50.8 Å². The molecular formula is C25H23FN4O2. The first-order valence-electron chi connectivity index (χ1n) is 10.4. The summed E-state index contributed by atoms with van der Waals surface area (Å²) in [6, 6.07) is 17.7. The van der Waals surface area contributed by atoms with Crippen molar-refractivity contribution in [2.75, 3.05) is 31.1 Å². The third-order valence-corrected chi connectivity index (χ3v) is 5.15. The molecule has 0 bridgehead atoms. The van der Waals surface area contributed by atoms with Crippen LogP contribution in [0.25, 0.3) is 0 Å². The lowest BCUT2D eigenvalue weighted by atomic mass is 10.2. The van der Waals surface area contributed by atoms with E-state index in [1.807, 2.05) is 24.3 Å². The van der Waals surface area contributed by atoms with Gasteiger partial charge in [-0.15, -0.1) is 10.2 Å². The van der Waals surface area contributed by atoms with Crippen molar-refractivity contribution in [2.24, 2.45) is 0 Å². The Bertz CT molecular complexity index is 1130. The number of benzene rings is 2. The molecular weight excluding hydrogens is 407 g/mol. The van der Waals surface area contributed by atoms with Gasteiger partial charge in [0.15, 0.2) is 5.82 Å². The van der Waals surface area contributed by atoms with Crippen molar-refractivity contribution >= 4 is 11.8 Å². The number of hydrogen-bond acceptors (Lipinski definition) is 6. The molecule has 1 aliphatic heterocycles. The lowest BCUT2D eigenvalue weighted by molar-refractivity contribution is -0.131. The molecule has 1 saturated heterocycles. The second-order valence-corrected chi connectivity index (χ2v) is 7.50. The molecule has 6 nitrogen and oxygen atoms in total. The summed E-state index contributed by atoms with van der Waals surface area (Å²) in [5.74, 6) is 6.82. The first-order chi connectivity index (χ1) is 15.6. The zero-order chi connectivity index (χ0) is 22.3. The normalized spacial score (nSPS) is 13.9. The van der Waals surface area contributed by atoms with E-state index >= 15 is 0 Å². The zero-order valence-corrected chi connectivity index (χ0v) is 17.8. The Hall–Kier alpha value is -3.76. The highest BCUT2D eigenvalue weighted by atomic mass is 19.1. The summed E-state index contributed by atoms with van der Waals surface area (Å²) in [5, 5.41) is 8.55. The molecule has 4 rings (SSSR count). The van der Waals surface area contributed by atoms with Crippen molar-refractivity contribution in [1.82, 2.24) is 15.1 Å². The molecule has 0 atom stereocenters. The van der Waals surface area contributed by atoms with E-state index in [4.69, 9.17) is 4.74 Å². The maximum atomic E-state index is 13.9. The van der Waals surface area contributed by atoms with Crippen molar-refractivity contribution in [3.8, 4) is 17.6 Å². The summed E-state index contributed by atoms with van der Waals surface area (Å²) in [6.45, 7) is 5.26. The van der Waals surface area contributed by atoms with Crippen LogP contribution >= 0.6 is 0 Å². The molecule has 1 aromatic heterocycles. The number of carbonyl (C=O) groups is 1. The van der Waals surface area contributed by atoms with Crippen LogP contribution in [0.4, 0.5) is 10.2 Å². The van der Waals surface area contributed by atoms with Crippen LogP contribution in [0.2, 0.25) is 0 Å². The van der Waals surface area contributed by atoms with Crippen molar-refractivity contribution in [3.63, 3.8) is 0 Å². The van der Waals surface area contributed by atoms with Gasteiger partial charge in [0.2, 0.25) is 0 Å². The van der Waals surface area contributed by atoms with Crippen LogP contribution in [0.1, 0.15) is 23.7 Å². The minimum atomic E-state index is -0.356. The summed E-state index contributed by atoms with van der Waals surface area (Å²) in [6.07, 6.45) is 0. The maximum Gasteiger partial charge on any atom is 0.308 e. The summed E-state index contributed by atoms with van der Waals surface area (Å²) in [5.41, 5.74) is 2.10. The number of ether oxygens (including phenoxy) is 1. The van der Waals surface area contributed by atoms with Gasteiger partial charge < -0.3 is 9.64 Å². The van der Waals surface area contributed by atoms with Crippen LogP contribution in [0.15, 0.2) is 60.7 Å². The number of piperazine rings is 1. The Balaban J connectivity index is 1.31. The third-order valence-electron chi connectivity index (χ3n) is 5.15. The minimum absolute atomic E-state index is 0.155. The Morgan fingerprint density at radius 2 is 1.72 bits per heavy atom. The monoisotopic (exact) mass is 430 g/mol. The molecule has 162 valence electrons. The predicted molar refractivity (Wildman–Crippen MR) is 120 cm³/mol. The van der Waals surface area contributed by atoms with E-state index in [9.17, 15) is 9.18 Å². The lowest BCUT2D eigenvalue weighted by Crippen LogP contribution is -2.46. The van der Waals surface area contributed by atoms with E-state index in [0.29, 0.717) is 18.0 Å². The third kappa shape index (κ3) is 5.68. The Kier molecular flexibility index (Phi) is 6.73. The first-order valence-corrected chi connectivity index (χ1v) is 10.4. The predicted octanol–water partition coefficient (Wildman–Crippen LogP) is 3.26. The number of carbonyl (C=O) groups excluding carboxylic acids is 1. The molecule has 0 unspecified atom stereocenters. The molecule has 3 aromatic rings. The van der Waals surface area contributed by atoms with Gasteiger partial charge in [-0.2, -0.15) is 0 Å². The zero-order valence-electron chi connectivity index (χ0n) is 17.8. The standard InChI is InChI=1S/C25H23FN4O2/c1-19(31)32-23-11-7-20(8-12-23)6-9-22-10-13-25(28-27-22)30-16-14-29(15-17-30)18-21-4-2-3-5-24(21)26/h2-5,7-8,10-13H,14-18H2,1H3. The molecule has 2 heterocycles. The fourth-order valence-electron chi connectivity index (χ4n) is 3.47. The van der Waals surface area contributed by atoms with Gasteiger partial charge >= 0.3 is 5.97 Å². The summed E-state index contributed by atoms with van der Waals surface area (Å²) in [4.78, 5) is 15.4. The summed E-state index contributed by atoms with van der Waals surface area (Å²) < 4.78 is 18.9. The maximum absolute atomic E-state index is 13.9. The molecule has 0 saturated carbocycles. The van der Waals surface area contributed by atoms with Gasteiger partial charge in [0.05, 0.1) is 0 Å². The smallest absolute Gasteiger partial charge is 0.308 e. The quantitative estimate of drug-likeness (QED) is 0.360. The molecule has 0 radical (unpaired) electrons. The Labute approximate surface area is 186 Å². The number of nitrogens with zero attached hydrogens (tertiary/aromatic N) is 4. The van der Waals surface area contributed by atoms with Crippen molar-refractivity contribution < 1.29 is 13.9 Å². The SMILES string of the molecule is CC(=O)Oc1ccc(C#Cc2ccc(N3CCN(Cc4ccccc4F)CC3)nn2)cc1. The van der Waals surface area contributed by atoms with Gasteiger partial charge in [0.25, 0.3) is 0 Å². The molecule has 1 aliphatic rings. The van der Waals surface area contributed by atoms with E-state index in [1.54, 1.807) is 30.3 Å². The van der Waals surface area contributed by atoms with Crippen LogP contribution in [0.5, 0.6) is 5.75 Å². The van der Waals surface area contributed by atoms with Gasteiger partial charge in [-0.3, -0.25) is 9.69 Å². The van der Waals surface area contributed by atoms with Gasteiger partial charge in [-0.25, -0.2) is 4.39 Å². The number of halogens is 1. The van der Waals surface area contributed by atoms with Crippen molar-refractivity contribution in [1.29, 1.82) is 0 Å². The molecule has 32 heavy (non-hydrogen) atoms. The van der Waals surface area contributed by atoms with Crippen molar-refractivity contribution in [3.05, 3.63) is 83.3 Å². The highest BCUT2D eigenvalue weighted by molar-refractivity contribution is 5.69. The number of rotatable bonds is 4. The van der Waals surface area contributed by atoms with Crippen LogP contribution in [-0.2, 0) is 11.3 Å². The van der Waals surface area contributed by atoms with E-state index in [2.05, 4.69) is 31.8 Å². The first kappa shape index (κ1) is 21.5. The molecule has 0 amide bonds. The topological polar surface area (TPSA) is 58.6 Å². The minimum Gasteiger partial charge on any atom is -0.427 e. The van der Waals surface area contributed by atoms with Gasteiger partial charge in [-0.1, -0.05) is 24.1 Å². The summed E-state index contributed by atoms with van der Waals surface area (Å²) >= 11 is 0. The van der Waals surface area contributed by atoms with E-state index in [1.165, 1.54) is 13.0 Å². The van der Waals surface area contributed by atoms with Crippen LogP contribution in [0.3, 0.4) is 0 Å². The van der Waals surface area contributed by atoms with Crippen molar-refractivity contribution in [2.45, 2.75) is 13.5 Å². The van der Waals surface area contributed by atoms with E-state index in [0.717, 1.165) is 43.1 Å². The molecule has 7 heteroatoms. The molecule has 0 N–H and O–H groups in total. The van der Waals surface area contributed by atoms with E-state index < -0.39 is 0 Å². The average Bonchev–Trinajstić information content (AvgIpc) is 2.81. The van der Waals surface area contributed by atoms with E-state index in [-0.39, 0.29) is 11.8 Å². The van der Waals surface area contributed by atoms with Crippen LogP contribution in [0, 0.1) is 17.7 Å². The lowest BCUT2D eigenvalue weighted by Gasteiger charge is -2.35. The fraction of sp³-hybridized carbons (Fsp3) is 0.240. The summed E-state index contributed by atoms with van der Waals surface area (Å²) in [7, 11) is 0.